The van der Waals surface area contributed by atoms with E-state index in [4.69, 9.17) is 27.9 Å². The number of halogens is 2. The third kappa shape index (κ3) is 3.10. The summed E-state index contributed by atoms with van der Waals surface area (Å²) in [6.45, 7) is 0.302. The van der Waals surface area contributed by atoms with Crippen LogP contribution in [0.4, 0.5) is 0 Å². The van der Waals surface area contributed by atoms with E-state index in [1.54, 1.807) is 30.5 Å². The van der Waals surface area contributed by atoms with E-state index in [1.165, 1.54) is 9.08 Å². The van der Waals surface area contributed by atoms with Crippen molar-refractivity contribution in [2.24, 2.45) is 5.92 Å². The van der Waals surface area contributed by atoms with Crippen molar-refractivity contribution in [2.75, 3.05) is 6.61 Å². The molecule has 2 unspecified atom stereocenters. The molecule has 6 nitrogen and oxygen atoms in total. The van der Waals surface area contributed by atoms with Gasteiger partial charge in [0.1, 0.15) is 6.61 Å². The number of hydrogen-bond acceptors (Lipinski definition) is 4. The second-order valence-electron chi connectivity index (χ2n) is 6.19. The molecule has 0 bridgehead atoms. The molecule has 0 aliphatic heterocycles. The number of carbonyl (C=O) groups is 1. The van der Waals surface area contributed by atoms with Gasteiger partial charge in [-0.3, -0.25) is 9.20 Å². The molecule has 0 spiro atoms. The standard InChI is InChI=1S/C18H15Cl2N3O3/c19-14-5-3-4-11(16(14)20)12-10-13(12)17(24)26-9-8-23-18(25)22-7-2-1-6-15(22)21-23/h1-7,12-13H,8-10H2. The monoisotopic (exact) mass is 391 g/mol. The van der Waals surface area contributed by atoms with Crippen LogP contribution >= 0.6 is 23.2 Å². The lowest BCUT2D eigenvalue weighted by Crippen LogP contribution is -2.24. The third-order valence-corrected chi connectivity index (χ3v) is 5.34. The molecule has 1 aliphatic carbocycles. The highest BCUT2D eigenvalue weighted by molar-refractivity contribution is 6.42. The van der Waals surface area contributed by atoms with Gasteiger partial charge in [0, 0.05) is 6.20 Å². The van der Waals surface area contributed by atoms with Crippen LogP contribution in [0.25, 0.3) is 5.65 Å². The molecule has 1 saturated carbocycles. The molecule has 4 rings (SSSR count). The van der Waals surface area contributed by atoms with E-state index in [1.807, 2.05) is 12.1 Å². The van der Waals surface area contributed by atoms with Gasteiger partial charge in [0.25, 0.3) is 0 Å². The highest BCUT2D eigenvalue weighted by Crippen LogP contribution is 2.51. The predicted molar refractivity (Wildman–Crippen MR) is 97.7 cm³/mol. The number of aromatic nitrogens is 3. The summed E-state index contributed by atoms with van der Waals surface area (Å²) in [7, 11) is 0. The fourth-order valence-corrected chi connectivity index (χ4v) is 3.51. The minimum Gasteiger partial charge on any atom is -0.463 e. The molecule has 2 atom stereocenters. The summed E-state index contributed by atoms with van der Waals surface area (Å²) in [5.74, 6) is -0.474. The first-order chi connectivity index (χ1) is 12.6. The molecule has 1 aliphatic rings. The second-order valence-corrected chi connectivity index (χ2v) is 6.98. The van der Waals surface area contributed by atoms with Crippen LogP contribution in [0.5, 0.6) is 0 Å². The number of rotatable bonds is 5. The van der Waals surface area contributed by atoms with Gasteiger partial charge in [0.05, 0.1) is 22.5 Å². The lowest BCUT2D eigenvalue weighted by Gasteiger charge is -2.06. The van der Waals surface area contributed by atoms with E-state index < -0.39 is 0 Å². The summed E-state index contributed by atoms with van der Waals surface area (Å²) < 4.78 is 8.06. The number of pyridine rings is 1. The van der Waals surface area contributed by atoms with Crippen molar-refractivity contribution in [3.8, 4) is 0 Å². The Labute approximate surface area is 158 Å². The van der Waals surface area contributed by atoms with Crippen molar-refractivity contribution in [3.63, 3.8) is 0 Å². The van der Waals surface area contributed by atoms with Crippen molar-refractivity contribution in [2.45, 2.75) is 18.9 Å². The average Bonchev–Trinajstić information content (AvgIpc) is 3.37. The van der Waals surface area contributed by atoms with Crippen molar-refractivity contribution in [1.29, 1.82) is 0 Å². The third-order valence-electron chi connectivity index (χ3n) is 4.51. The highest BCUT2D eigenvalue weighted by atomic mass is 35.5. The van der Waals surface area contributed by atoms with Crippen molar-refractivity contribution >= 4 is 34.8 Å². The maximum Gasteiger partial charge on any atom is 0.350 e. The lowest BCUT2D eigenvalue weighted by molar-refractivity contribution is -0.145. The maximum atomic E-state index is 12.2. The van der Waals surface area contributed by atoms with E-state index in [9.17, 15) is 9.59 Å². The van der Waals surface area contributed by atoms with Crippen LogP contribution in [0, 0.1) is 5.92 Å². The number of carbonyl (C=O) groups excluding carboxylic acids is 1. The van der Waals surface area contributed by atoms with Crippen LogP contribution in [0.2, 0.25) is 10.0 Å². The Balaban J connectivity index is 1.35. The molecule has 2 heterocycles. The Morgan fingerprint density at radius 3 is 2.88 bits per heavy atom. The summed E-state index contributed by atoms with van der Waals surface area (Å²) in [6, 6.07) is 10.7. The molecule has 2 aromatic heterocycles. The summed E-state index contributed by atoms with van der Waals surface area (Å²) in [5, 5.41) is 5.17. The van der Waals surface area contributed by atoms with Crippen LogP contribution in [0.1, 0.15) is 17.9 Å². The summed E-state index contributed by atoms with van der Waals surface area (Å²) in [5.41, 5.74) is 1.17. The van der Waals surface area contributed by atoms with Gasteiger partial charge in [-0.2, -0.15) is 0 Å². The molecule has 0 amide bonds. The van der Waals surface area contributed by atoms with Gasteiger partial charge in [-0.05, 0) is 36.1 Å². The van der Waals surface area contributed by atoms with Gasteiger partial charge in [-0.25, -0.2) is 9.48 Å². The molecular formula is C18H15Cl2N3O3. The molecule has 3 aromatic rings. The molecule has 0 radical (unpaired) electrons. The number of nitrogens with zero attached hydrogens (tertiary/aromatic N) is 3. The summed E-state index contributed by atoms with van der Waals surface area (Å²) in [6.07, 6.45) is 2.34. The average molecular weight is 392 g/mol. The summed E-state index contributed by atoms with van der Waals surface area (Å²) >= 11 is 12.2. The molecule has 0 N–H and O–H groups in total. The van der Waals surface area contributed by atoms with Gasteiger partial charge in [0.15, 0.2) is 5.65 Å². The molecule has 134 valence electrons. The highest BCUT2D eigenvalue weighted by Gasteiger charge is 2.46. The van der Waals surface area contributed by atoms with E-state index >= 15 is 0 Å². The largest absolute Gasteiger partial charge is 0.463 e. The fourth-order valence-electron chi connectivity index (χ4n) is 3.06. The number of benzene rings is 1. The van der Waals surface area contributed by atoms with E-state index in [0.717, 1.165) is 5.56 Å². The Morgan fingerprint density at radius 1 is 1.23 bits per heavy atom. The zero-order chi connectivity index (χ0) is 18.3. The molecule has 26 heavy (non-hydrogen) atoms. The topological polar surface area (TPSA) is 65.6 Å². The first-order valence-corrected chi connectivity index (χ1v) is 8.96. The van der Waals surface area contributed by atoms with Crippen LogP contribution in [0.3, 0.4) is 0 Å². The molecule has 0 saturated heterocycles. The Hall–Kier alpha value is -2.31. The van der Waals surface area contributed by atoms with Gasteiger partial charge >= 0.3 is 11.7 Å². The van der Waals surface area contributed by atoms with Crippen LogP contribution < -0.4 is 5.69 Å². The normalized spacial score (nSPS) is 18.8. The predicted octanol–water partition coefficient (Wildman–Crippen LogP) is 3.15. The van der Waals surface area contributed by atoms with Gasteiger partial charge in [0.2, 0.25) is 0 Å². The van der Waals surface area contributed by atoms with Crippen molar-refractivity contribution < 1.29 is 9.53 Å². The molecule has 1 aromatic carbocycles. The van der Waals surface area contributed by atoms with Crippen molar-refractivity contribution in [1.82, 2.24) is 14.2 Å². The minimum atomic E-state index is -0.289. The number of ether oxygens (including phenoxy) is 1. The van der Waals surface area contributed by atoms with Crippen LogP contribution in [-0.2, 0) is 16.1 Å². The molecular weight excluding hydrogens is 377 g/mol. The van der Waals surface area contributed by atoms with E-state index in [0.29, 0.717) is 22.1 Å². The minimum absolute atomic E-state index is 0.0339. The van der Waals surface area contributed by atoms with Crippen LogP contribution in [-0.4, -0.2) is 26.8 Å². The molecule has 8 heteroatoms. The first-order valence-electron chi connectivity index (χ1n) is 8.21. The zero-order valence-corrected chi connectivity index (χ0v) is 15.2. The lowest BCUT2D eigenvalue weighted by atomic mass is 10.1. The van der Waals surface area contributed by atoms with E-state index in [-0.39, 0.29) is 36.6 Å². The van der Waals surface area contributed by atoms with E-state index in [2.05, 4.69) is 5.10 Å². The molecule has 1 fully saturated rings. The van der Waals surface area contributed by atoms with Crippen LogP contribution in [0.15, 0.2) is 47.4 Å². The first kappa shape index (κ1) is 17.1. The quantitative estimate of drug-likeness (QED) is 0.626. The van der Waals surface area contributed by atoms with Gasteiger partial charge in [-0.15, -0.1) is 5.10 Å². The smallest absolute Gasteiger partial charge is 0.350 e. The Bertz CT molecular complexity index is 1040. The number of fused-ring (bicyclic) bond motifs is 1. The van der Waals surface area contributed by atoms with Crippen molar-refractivity contribution in [3.05, 3.63) is 68.7 Å². The van der Waals surface area contributed by atoms with Gasteiger partial charge in [-0.1, -0.05) is 41.4 Å². The Kier molecular flexibility index (Phi) is 4.46. The van der Waals surface area contributed by atoms with Gasteiger partial charge < -0.3 is 4.74 Å². The fraction of sp³-hybridized carbons (Fsp3) is 0.278. The maximum absolute atomic E-state index is 12.2. The zero-order valence-electron chi connectivity index (χ0n) is 13.6. The summed E-state index contributed by atoms with van der Waals surface area (Å²) in [4.78, 5) is 24.4. The Morgan fingerprint density at radius 2 is 2.08 bits per heavy atom. The number of esters is 1. The second kappa shape index (κ2) is 6.78. The number of hydrogen-bond donors (Lipinski definition) is 0. The SMILES string of the molecule is O=C(OCCn1nc2ccccn2c1=O)C1CC1c1cccc(Cl)c1Cl.